The van der Waals surface area contributed by atoms with E-state index in [1.54, 1.807) is 0 Å². The molecule has 0 spiro atoms. The van der Waals surface area contributed by atoms with Crippen LogP contribution in [0.4, 0.5) is 0 Å². The van der Waals surface area contributed by atoms with Crippen LogP contribution in [-0.2, 0) is 0 Å². The number of rotatable bonds is 1. The molecule has 0 heterocycles. The van der Waals surface area contributed by atoms with E-state index in [1.165, 1.54) is 11.1 Å². The van der Waals surface area contributed by atoms with Crippen LogP contribution in [0.2, 0.25) is 0 Å². The van der Waals surface area contributed by atoms with Crippen LogP contribution >= 0.6 is 0 Å². The molecule has 1 nitrogen and oxygen atoms in total. The van der Waals surface area contributed by atoms with Crippen molar-refractivity contribution in [1.82, 2.24) is 0 Å². The van der Waals surface area contributed by atoms with Gasteiger partial charge in [0, 0.05) is 10.9 Å². The summed E-state index contributed by atoms with van der Waals surface area (Å²) in [5.41, 5.74) is 4.41. The molecular formula is C18H16O. The predicted octanol–water partition coefficient (Wildman–Crippen LogP) is 4.83. The summed E-state index contributed by atoms with van der Waals surface area (Å²) in [5, 5.41) is 12.5. The third-order valence-electron chi connectivity index (χ3n) is 3.57. The summed E-state index contributed by atoms with van der Waals surface area (Å²) in [5.74, 6) is 0.366. The molecule has 0 bridgehead atoms. The van der Waals surface area contributed by atoms with Crippen LogP contribution in [-0.4, -0.2) is 5.11 Å². The van der Waals surface area contributed by atoms with Gasteiger partial charge >= 0.3 is 0 Å². The van der Waals surface area contributed by atoms with Crippen molar-refractivity contribution >= 4 is 10.8 Å². The summed E-state index contributed by atoms with van der Waals surface area (Å²) in [4.78, 5) is 0. The molecule has 0 amide bonds. The van der Waals surface area contributed by atoms with Crippen molar-refractivity contribution in [1.29, 1.82) is 0 Å². The van der Waals surface area contributed by atoms with E-state index in [0.29, 0.717) is 5.75 Å². The van der Waals surface area contributed by atoms with E-state index in [4.69, 9.17) is 0 Å². The molecule has 0 saturated carbocycles. The molecule has 0 saturated heterocycles. The highest BCUT2D eigenvalue weighted by Crippen LogP contribution is 2.37. The standard InChI is InChI=1S/C18H16O/c1-12-7-9-15(13(2)11-12)17-10-8-14-5-3-4-6-16(14)18(17)19/h3-11,19H,1-2H3. The number of phenolic OH excluding ortho intramolecular Hbond substituents is 1. The first kappa shape index (κ1) is 11.8. The van der Waals surface area contributed by atoms with Crippen LogP contribution in [0.25, 0.3) is 21.9 Å². The Morgan fingerprint density at radius 2 is 1.53 bits per heavy atom. The van der Waals surface area contributed by atoms with Gasteiger partial charge in [0.25, 0.3) is 0 Å². The van der Waals surface area contributed by atoms with Crippen molar-refractivity contribution in [2.24, 2.45) is 0 Å². The zero-order chi connectivity index (χ0) is 13.4. The van der Waals surface area contributed by atoms with E-state index >= 15 is 0 Å². The molecule has 0 aliphatic heterocycles. The molecule has 0 atom stereocenters. The molecule has 0 aromatic heterocycles. The topological polar surface area (TPSA) is 20.2 Å². The van der Waals surface area contributed by atoms with Crippen molar-refractivity contribution in [2.45, 2.75) is 13.8 Å². The zero-order valence-electron chi connectivity index (χ0n) is 11.1. The van der Waals surface area contributed by atoms with Crippen LogP contribution in [0.1, 0.15) is 11.1 Å². The Hall–Kier alpha value is -2.28. The summed E-state index contributed by atoms with van der Waals surface area (Å²) >= 11 is 0. The molecule has 0 unspecified atom stereocenters. The molecule has 3 aromatic carbocycles. The van der Waals surface area contributed by atoms with Crippen LogP contribution in [0, 0.1) is 13.8 Å². The van der Waals surface area contributed by atoms with E-state index in [0.717, 1.165) is 21.9 Å². The Morgan fingerprint density at radius 3 is 2.32 bits per heavy atom. The molecule has 3 aromatic rings. The average Bonchev–Trinajstić information content (AvgIpc) is 2.41. The summed E-state index contributed by atoms with van der Waals surface area (Å²) in [6, 6.07) is 18.3. The third-order valence-corrected chi connectivity index (χ3v) is 3.57. The maximum atomic E-state index is 10.5. The van der Waals surface area contributed by atoms with Crippen molar-refractivity contribution in [2.75, 3.05) is 0 Å². The summed E-state index contributed by atoms with van der Waals surface area (Å²) in [7, 11) is 0. The summed E-state index contributed by atoms with van der Waals surface area (Å²) in [6.45, 7) is 4.16. The van der Waals surface area contributed by atoms with Crippen molar-refractivity contribution in [3.8, 4) is 16.9 Å². The molecule has 1 N–H and O–H groups in total. The Labute approximate surface area is 113 Å². The number of aromatic hydroxyl groups is 1. The largest absolute Gasteiger partial charge is 0.507 e. The first-order chi connectivity index (χ1) is 9.16. The fraction of sp³-hybridized carbons (Fsp3) is 0.111. The second-order valence-electron chi connectivity index (χ2n) is 5.00. The molecule has 0 aliphatic carbocycles. The van der Waals surface area contributed by atoms with E-state index in [1.807, 2.05) is 30.3 Å². The van der Waals surface area contributed by atoms with Crippen LogP contribution in [0.15, 0.2) is 54.6 Å². The molecule has 0 aliphatic rings. The number of phenols is 1. The highest BCUT2D eigenvalue weighted by molar-refractivity contribution is 5.95. The highest BCUT2D eigenvalue weighted by atomic mass is 16.3. The fourth-order valence-corrected chi connectivity index (χ4v) is 2.59. The van der Waals surface area contributed by atoms with Gasteiger partial charge in [0.2, 0.25) is 0 Å². The van der Waals surface area contributed by atoms with Crippen LogP contribution < -0.4 is 0 Å². The smallest absolute Gasteiger partial charge is 0.131 e. The lowest BCUT2D eigenvalue weighted by atomic mass is 9.95. The summed E-state index contributed by atoms with van der Waals surface area (Å²) in [6.07, 6.45) is 0. The molecule has 0 radical (unpaired) electrons. The third kappa shape index (κ3) is 1.97. The van der Waals surface area contributed by atoms with Gasteiger partial charge in [-0.3, -0.25) is 0 Å². The Kier molecular flexibility index (Phi) is 2.75. The normalized spacial score (nSPS) is 10.8. The van der Waals surface area contributed by atoms with Crippen molar-refractivity contribution in [3.05, 3.63) is 65.7 Å². The van der Waals surface area contributed by atoms with Crippen LogP contribution in [0.5, 0.6) is 5.75 Å². The summed E-state index contributed by atoms with van der Waals surface area (Å²) < 4.78 is 0. The van der Waals surface area contributed by atoms with Gasteiger partial charge in [-0.15, -0.1) is 0 Å². The van der Waals surface area contributed by atoms with Gasteiger partial charge in [-0.2, -0.15) is 0 Å². The first-order valence-electron chi connectivity index (χ1n) is 6.45. The second kappa shape index (κ2) is 4.43. The quantitative estimate of drug-likeness (QED) is 0.654. The number of hydrogen-bond donors (Lipinski definition) is 1. The lowest BCUT2D eigenvalue weighted by Gasteiger charge is -2.11. The number of fused-ring (bicyclic) bond motifs is 1. The Morgan fingerprint density at radius 1 is 0.789 bits per heavy atom. The predicted molar refractivity (Wildman–Crippen MR) is 80.5 cm³/mol. The van der Waals surface area contributed by atoms with E-state index in [2.05, 4.69) is 38.1 Å². The lowest BCUT2D eigenvalue weighted by molar-refractivity contribution is 0.483. The first-order valence-corrected chi connectivity index (χ1v) is 6.45. The number of benzene rings is 3. The SMILES string of the molecule is Cc1ccc(-c2ccc3ccccc3c2O)c(C)c1. The van der Waals surface area contributed by atoms with E-state index in [-0.39, 0.29) is 0 Å². The monoisotopic (exact) mass is 248 g/mol. The Bertz CT molecular complexity index is 757. The van der Waals surface area contributed by atoms with Gasteiger partial charge in [0.15, 0.2) is 0 Å². The minimum Gasteiger partial charge on any atom is -0.507 e. The minimum absolute atomic E-state index is 0.366. The second-order valence-corrected chi connectivity index (χ2v) is 5.00. The number of aryl methyl sites for hydroxylation is 2. The van der Waals surface area contributed by atoms with Gasteiger partial charge in [0.05, 0.1) is 0 Å². The zero-order valence-corrected chi connectivity index (χ0v) is 11.1. The van der Waals surface area contributed by atoms with Gasteiger partial charge in [0.1, 0.15) is 5.75 Å². The molecular weight excluding hydrogens is 232 g/mol. The van der Waals surface area contributed by atoms with Gasteiger partial charge in [-0.1, -0.05) is 60.2 Å². The van der Waals surface area contributed by atoms with E-state index < -0.39 is 0 Å². The molecule has 1 heteroatoms. The van der Waals surface area contributed by atoms with Crippen LogP contribution in [0.3, 0.4) is 0 Å². The minimum atomic E-state index is 0.366. The molecule has 0 fully saturated rings. The highest BCUT2D eigenvalue weighted by Gasteiger charge is 2.10. The molecule has 94 valence electrons. The number of hydrogen-bond acceptors (Lipinski definition) is 1. The van der Waals surface area contributed by atoms with Gasteiger partial charge in [-0.05, 0) is 30.4 Å². The lowest BCUT2D eigenvalue weighted by Crippen LogP contribution is -1.86. The van der Waals surface area contributed by atoms with Crippen molar-refractivity contribution in [3.63, 3.8) is 0 Å². The average molecular weight is 248 g/mol. The Balaban J connectivity index is 2.28. The molecule has 3 rings (SSSR count). The molecule has 19 heavy (non-hydrogen) atoms. The van der Waals surface area contributed by atoms with E-state index in [9.17, 15) is 5.11 Å². The van der Waals surface area contributed by atoms with Gasteiger partial charge in [-0.25, -0.2) is 0 Å². The van der Waals surface area contributed by atoms with Crippen molar-refractivity contribution < 1.29 is 5.11 Å². The maximum absolute atomic E-state index is 10.5. The van der Waals surface area contributed by atoms with Gasteiger partial charge < -0.3 is 5.11 Å². The fourth-order valence-electron chi connectivity index (χ4n) is 2.59. The maximum Gasteiger partial charge on any atom is 0.131 e.